The molecule has 0 bridgehead atoms. The summed E-state index contributed by atoms with van der Waals surface area (Å²) < 4.78 is 27.0. The first-order valence-corrected chi connectivity index (χ1v) is 9.59. The number of carbonyl (C=O) groups excluding carboxylic acids is 1. The van der Waals surface area contributed by atoms with Crippen LogP contribution in [0.5, 0.6) is 0 Å². The van der Waals surface area contributed by atoms with Gasteiger partial charge in [0.2, 0.25) is 5.91 Å². The molecular weight excluding hydrogens is 364 g/mol. The molecule has 2 aromatic carbocycles. The largest absolute Gasteiger partial charge is 0.354 e. The fourth-order valence-corrected chi connectivity index (χ4v) is 3.36. The van der Waals surface area contributed by atoms with Crippen molar-refractivity contribution in [1.82, 2.24) is 4.98 Å². The van der Waals surface area contributed by atoms with Crippen molar-refractivity contribution in [2.45, 2.75) is 11.8 Å². The number of pyridine rings is 1. The van der Waals surface area contributed by atoms with Crippen LogP contribution in [0.25, 0.3) is 0 Å². The van der Waals surface area contributed by atoms with E-state index in [0.717, 1.165) is 5.69 Å². The van der Waals surface area contributed by atoms with Crippen LogP contribution < -0.4 is 15.4 Å². The molecular formula is C19H18N4O3S. The summed E-state index contributed by atoms with van der Waals surface area (Å²) in [6, 6.07) is 18.6. The second-order valence-electron chi connectivity index (χ2n) is 5.73. The first kappa shape index (κ1) is 18.4. The van der Waals surface area contributed by atoms with Crippen molar-refractivity contribution < 1.29 is 13.2 Å². The van der Waals surface area contributed by atoms with E-state index in [1.165, 1.54) is 25.3 Å². The van der Waals surface area contributed by atoms with Crippen LogP contribution in [0.3, 0.4) is 0 Å². The predicted molar refractivity (Wildman–Crippen MR) is 106 cm³/mol. The van der Waals surface area contributed by atoms with Gasteiger partial charge in [-0.25, -0.2) is 13.4 Å². The number of sulfonamides is 1. The number of carbonyl (C=O) groups is 1. The summed E-state index contributed by atoms with van der Waals surface area (Å²) in [6.45, 7) is 1.45. The van der Waals surface area contributed by atoms with Gasteiger partial charge in [0.15, 0.2) is 0 Å². The standard InChI is InChI=1S/C19H18N4O3S/c1-14(24)21-15-7-9-16(10-8-15)22-17-11-12-19(20-13-17)23-27(25,26)18-5-3-2-4-6-18/h2-13,22H,1H3,(H,20,23)(H,21,24). The minimum absolute atomic E-state index is 0.131. The quantitative estimate of drug-likeness (QED) is 0.605. The highest BCUT2D eigenvalue weighted by Crippen LogP contribution is 2.20. The maximum Gasteiger partial charge on any atom is 0.263 e. The molecule has 3 N–H and O–H groups in total. The second kappa shape index (κ2) is 7.88. The molecule has 0 saturated heterocycles. The van der Waals surface area contributed by atoms with Gasteiger partial charge in [0.1, 0.15) is 5.82 Å². The topological polar surface area (TPSA) is 100 Å². The van der Waals surface area contributed by atoms with Crippen molar-refractivity contribution in [3.63, 3.8) is 0 Å². The van der Waals surface area contributed by atoms with Gasteiger partial charge < -0.3 is 10.6 Å². The van der Waals surface area contributed by atoms with Gasteiger partial charge in [0.05, 0.1) is 16.8 Å². The highest BCUT2D eigenvalue weighted by atomic mass is 32.2. The van der Waals surface area contributed by atoms with Gasteiger partial charge in [-0.15, -0.1) is 0 Å². The lowest BCUT2D eigenvalue weighted by Gasteiger charge is -2.10. The second-order valence-corrected chi connectivity index (χ2v) is 7.42. The molecule has 0 fully saturated rings. The lowest BCUT2D eigenvalue weighted by molar-refractivity contribution is -0.114. The van der Waals surface area contributed by atoms with Gasteiger partial charge >= 0.3 is 0 Å². The Morgan fingerprint density at radius 1 is 0.852 bits per heavy atom. The molecule has 0 spiro atoms. The van der Waals surface area contributed by atoms with E-state index < -0.39 is 10.0 Å². The van der Waals surface area contributed by atoms with Crippen LogP contribution in [0.15, 0.2) is 77.8 Å². The maximum absolute atomic E-state index is 12.3. The number of aromatic nitrogens is 1. The lowest BCUT2D eigenvalue weighted by atomic mass is 10.2. The van der Waals surface area contributed by atoms with Gasteiger partial charge in [-0.3, -0.25) is 9.52 Å². The minimum atomic E-state index is -3.67. The molecule has 0 aliphatic carbocycles. The Bertz CT molecular complexity index is 1020. The van der Waals surface area contributed by atoms with Gasteiger partial charge in [-0.05, 0) is 48.5 Å². The number of rotatable bonds is 6. The SMILES string of the molecule is CC(=O)Nc1ccc(Nc2ccc(NS(=O)(=O)c3ccccc3)nc2)cc1. The van der Waals surface area contributed by atoms with Crippen molar-refractivity contribution in [3.8, 4) is 0 Å². The highest BCUT2D eigenvalue weighted by Gasteiger charge is 2.13. The molecule has 3 aromatic rings. The molecule has 3 rings (SSSR count). The van der Waals surface area contributed by atoms with Crippen LogP contribution in [-0.4, -0.2) is 19.3 Å². The van der Waals surface area contributed by atoms with Crippen molar-refractivity contribution in [1.29, 1.82) is 0 Å². The first-order chi connectivity index (χ1) is 12.9. The summed E-state index contributed by atoms with van der Waals surface area (Å²) in [6.07, 6.45) is 1.53. The highest BCUT2D eigenvalue weighted by molar-refractivity contribution is 7.92. The summed E-state index contributed by atoms with van der Waals surface area (Å²) in [5.41, 5.74) is 2.21. The zero-order valence-corrected chi connectivity index (χ0v) is 15.3. The fraction of sp³-hybridized carbons (Fsp3) is 0.0526. The summed E-state index contributed by atoms with van der Waals surface area (Å²) in [5, 5.41) is 5.85. The summed E-state index contributed by atoms with van der Waals surface area (Å²) >= 11 is 0. The number of anilines is 4. The average molecular weight is 382 g/mol. The number of nitrogens with zero attached hydrogens (tertiary/aromatic N) is 1. The summed E-state index contributed by atoms with van der Waals surface area (Å²) in [4.78, 5) is 15.3. The number of benzene rings is 2. The predicted octanol–water partition coefficient (Wildman–Crippen LogP) is 3.58. The molecule has 138 valence electrons. The smallest absolute Gasteiger partial charge is 0.263 e. The van der Waals surface area contributed by atoms with Gasteiger partial charge in [0, 0.05) is 18.3 Å². The van der Waals surface area contributed by atoms with Crippen LogP contribution in [-0.2, 0) is 14.8 Å². The van der Waals surface area contributed by atoms with E-state index in [-0.39, 0.29) is 16.6 Å². The molecule has 0 saturated carbocycles. The Balaban J connectivity index is 1.66. The summed E-state index contributed by atoms with van der Waals surface area (Å²) in [5.74, 6) is 0.0962. The van der Waals surface area contributed by atoms with E-state index in [0.29, 0.717) is 11.4 Å². The number of amides is 1. The van der Waals surface area contributed by atoms with Gasteiger partial charge in [-0.2, -0.15) is 0 Å². The molecule has 27 heavy (non-hydrogen) atoms. The van der Waals surface area contributed by atoms with Crippen LogP contribution >= 0.6 is 0 Å². The van der Waals surface area contributed by atoms with E-state index in [1.54, 1.807) is 42.5 Å². The summed E-state index contributed by atoms with van der Waals surface area (Å²) in [7, 11) is -3.67. The Morgan fingerprint density at radius 2 is 1.48 bits per heavy atom. The number of nitrogens with one attached hydrogen (secondary N) is 3. The van der Waals surface area contributed by atoms with Crippen molar-refractivity contribution in [2.24, 2.45) is 0 Å². The Morgan fingerprint density at radius 3 is 2.07 bits per heavy atom. The zero-order valence-electron chi connectivity index (χ0n) is 14.5. The molecule has 1 aromatic heterocycles. The van der Waals surface area contributed by atoms with E-state index in [4.69, 9.17) is 0 Å². The van der Waals surface area contributed by atoms with Crippen molar-refractivity contribution in [2.75, 3.05) is 15.4 Å². The third-order valence-corrected chi connectivity index (χ3v) is 4.92. The average Bonchev–Trinajstić information content (AvgIpc) is 2.65. The van der Waals surface area contributed by atoms with Crippen molar-refractivity contribution in [3.05, 3.63) is 72.9 Å². The van der Waals surface area contributed by atoms with E-state index >= 15 is 0 Å². The Kier molecular flexibility index (Phi) is 5.37. The molecule has 7 nitrogen and oxygen atoms in total. The zero-order chi connectivity index (χ0) is 19.3. The van der Waals surface area contributed by atoms with Crippen molar-refractivity contribution >= 4 is 38.8 Å². The van der Waals surface area contributed by atoms with Gasteiger partial charge in [-0.1, -0.05) is 18.2 Å². The molecule has 0 aliphatic rings. The van der Waals surface area contributed by atoms with E-state index in [2.05, 4.69) is 20.3 Å². The molecule has 1 amide bonds. The molecule has 0 atom stereocenters. The van der Waals surface area contributed by atoms with Crippen LogP contribution in [0, 0.1) is 0 Å². The number of hydrogen-bond acceptors (Lipinski definition) is 5. The van der Waals surface area contributed by atoms with Crippen LogP contribution in [0.4, 0.5) is 22.9 Å². The molecule has 8 heteroatoms. The first-order valence-electron chi connectivity index (χ1n) is 8.11. The minimum Gasteiger partial charge on any atom is -0.354 e. The van der Waals surface area contributed by atoms with Crippen LogP contribution in [0.2, 0.25) is 0 Å². The van der Waals surface area contributed by atoms with E-state index in [1.807, 2.05) is 12.1 Å². The molecule has 0 unspecified atom stereocenters. The molecule has 0 aliphatic heterocycles. The molecule has 0 radical (unpaired) electrons. The fourth-order valence-electron chi connectivity index (χ4n) is 2.33. The molecule has 1 heterocycles. The van der Waals surface area contributed by atoms with Crippen LogP contribution in [0.1, 0.15) is 6.92 Å². The number of hydrogen-bond donors (Lipinski definition) is 3. The Hall–Kier alpha value is -3.39. The maximum atomic E-state index is 12.3. The Labute approximate surface area is 157 Å². The normalized spacial score (nSPS) is 10.9. The third-order valence-electron chi connectivity index (χ3n) is 3.55. The lowest BCUT2D eigenvalue weighted by Crippen LogP contribution is -2.13. The van der Waals surface area contributed by atoms with E-state index in [9.17, 15) is 13.2 Å². The van der Waals surface area contributed by atoms with Gasteiger partial charge in [0.25, 0.3) is 10.0 Å². The monoisotopic (exact) mass is 382 g/mol. The third kappa shape index (κ3) is 5.05.